The van der Waals surface area contributed by atoms with Crippen LogP contribution in [0.4, 0.5) is 0 Å². The molecular formula is C19H19N3O. The van der Waals surface area contributed by atoms with E-state index >= 15 is 0 Å². The zero-order valence-electron chi connectivity index (χ0n) is 13.1. The lowest BCUT2D eigenvalue weighted by atomic mass is 10.1. The van der Waals surface area contributed by atoms with Gasteiger partial charge in [-0.15, -0.1) is 0 Å². The number of benzene rings is 1. The second-order valence-corrected chi connectivity index (χ2v) is 5.56. The largest absolute Gasteiger partial charge is 0.272 e. The summed E-state index contributed by atoms with van der Waals surface area (Å²) in [5, 5.41) is 4.93. The summed E-state index contributed by atoms with van der Waals surface area (Å²) < 4.78 is 1.84. The molecule has 0 aliphatic heterocycles. The van der Waals surface area contributed by atoms with Crippen molar-refractivity contribution in [3.8, 4) is 0 Å². The minimum absolute atomic E-state index is 0.139. The van der Waals surface area contributed by atoms with Crippen LogP contribution in [-0.4, -0.2) is 15.7 Å². The van der Waals surface area contributed by atoms with Crippen molar-refractivity contribution in [1.29, 1.82) is 0 Å². The molecule has 4 heteroatoms. The highest BCUT2D eigenvalue weighted by molar-refractivity contribution is 5.79. The van der Waals surface area contributed by atoms with Gasteiger partial charge in [-0.1, -0.05) is 48.6 Å². The number of hydrogen-bond donors (Lipinski definition) is 0. The third kappa shape index (κ3) is 3.92. The molecule has 0 bridgehead atoms. The van der Waals surface area contributed by atoms with Gasteiger partial charge < -0.3 is 0 Å². The molecule has 0 unspecified atom stereocenters. The second kappa shape index (κ2) is 7.01. The van der Waals surface area contributed by atoms with Crippen molar-refractivity contribution in [3.63, 3.8) is 0 Å². The molecule has 0 N–H and O–H groups in total. The molecule has 0 fully saturated rings. The molecule has 1 aliphatic rings. The fourth-order valence-corrected chi connectivity index (χ4v) is 2.51. The van der Waals surface area contributed by atoms with E-state index in [1.165, 1.54) is 0 Å². The maximum Gasteiger partial charge on any atom is 0.250 e. The maximum absolute atomic E-state index is 12.1. The predicted molar refractivity (Wildman–Crippen MR) is 89.6 cm³/mol. The SMILES string of the molecule is Cc1ccccc1CC(=O)N=c1ccn(C2C=CCC=C2)nc1. The van der Waals surface area contributed by atoms with Crippen molar-refractivity contribution >= 4 is 5.91 Å². The van der Waals surface area contributed by atoms with Gasteiger partial charge in [0.05, 0.1) is 24.0 Å². The van der Waals surface area contributed by atoms with Crippen LogP contribution in [0.25, 0.3) is 0 Å². The van der Waals surface area contributed by atoms with Gasteiger partial charge in [-0.25, -0.2) is 4.99 Å². The van der Waals surface area contributed by atoms with Gasteiger partial charge in [-0.2, -0.15) is 5.10 Å². The van der Waals surface area contributed by atoms with E-state index < -0.39 is 0 Å². The number of hydrogen-bond acceptors (Lipinski definition) is 2. The summed E-state index contributed by atoms with van der Waals surface area (Å²) in [5.74, 6) is -0.156. The number of aromatic nitrogens is 2. The third-order valence-corrected chi connectivity index (χ3v) is 3.82. The minimum atomic E-state index is -0.156. The highest BCUT2D eigenvalue weighted by Gasteiger charge is 2.06. The summed E-state index contributed by atoms with van der Waals surface area (Å²) in [7, 11) is 0. The lowest BCUT2D eigenvalue weighted by molar-refractivity contribution is -0.117. The van der Waals surface area contributed by atoms with Crippen molar-refractivity contribution in [2.45, 2.75) is 25.8 Å². The Morgan fingerprint density at radius 1 is 1.26 bits per heavy atom. The van der Waals surface area contributed by atoms with Crippen LogP contribution in [0.5, 0.6) is 0 Å². The number of amides is 1. The number of nitrogens with zero attached hydrogens (tertiary/aromatic N) is 3. The van der Waals surface area contributed by atoms with Crippen LogP contribution in [0, 0.1) is 6.92 Å². The Labute approximate surface area is 135 Å². The quantitative estimate of drug-likeness (QED) is 0.819. The van der Waals surface area contributed by atoms with Crippen molar-refractivity contribution in [2.24, 2.45) is 4.99 Å². The van der Waals surface area contributed by atoms with Crippen molar-refractivity contribution in [2.75, 3.05) is 0 Å². The van der Waals surface area contributed by atoms with E-state index in [0.717, 1.165) is 17.5 Å². The van der Waals surface area contributed by atoms with Gasteiger partial charge in [0.1, 0.15) is 0 Å². The summed E-state index contributed by atoms with van der Waals surface area (Å²) in [6, 6.07) is 9.82. The minimum Gasteiger partial charge on any atom is -0.272 e. The van der Waals surface area contributed by atoms with Crippen LogP contribution >= 0.6 is 0 Å². The first kappa shape index (κ1) is 15.2. The molecular weight excluding hydrogens is 286 g/mol. The standard InChI is InChI=1S/C19H19N3O/c1-15-7-5-6-8-16(15)13-19(23)21-17-11-12-22(20-14-17)18-9-3-2-4-10-18/h3-12,14,18H,2,13H2,1H3. The Bertz CT molecular complexity index is 798. The monoisotopic (exact) mass is 305 g/mol. The van der Waals surface area contributed by atoms with Crippen molar-refractivity contribution in [3.05, 3.63) is 83.5 Å². The third-order valence-electron chi connectivity index (χ3n) is 3.82. The van der Waals surface area contributed by atoms with Gasteiger partial charge in [-0.05, 0) is 30.5 Å². The highest BCUT2D eigenvalue weighted by Crippen LogP contribution is 2.13. The molecule has 1 amide bonds. The molecule has 4 nitrogen and oxygen atoms in total. The van der Waals surface area contributed by atoms with Crippen LogP contribution < -0.4 is 5.36 Å². The van der Waals surface area contributed by atoms with Gasteiger partial charge in [0.25, 0.3) is 5.91 Å². The zero-order valence-corrected chi connectivity index (χ0v) is 13.1. The number of rotatable bonds is 3. The second-order valence-electron chi connectivity index (χ2n) is 5.56. The molecule has 0 radical (unpaired) electrons. The molecule has 1 aromatic heterocycles. The Morgan fingerprint density at radius 3 is 2.74 bits per heavy atom. The van der Waals surface area contributed by atoms with E-state index in [-0.39, 0.29) is 11.9 Å². The van der Waals surface area contributed by atoms with Crippen LogP contribution in [0.1, 0.15) is 23.6 Å². The molecule has 1 aromatic carbocycles. The van der Waals surface area contributed by atoms with Crippen molar-refractivity contribution in [1.82, 2.24) is 9.78 Å². The highest BCUT2D eigenvalue weighted by atomic mass is 16.1. The summed E-state index contributed by atoms with van der Waals surface area (Å²) in [6.07, 6.45) is 13.2. The fraction of sp³-hybridized carbons (Fsp3) is 0.211. The predicted octanol–water partition coefficient (Wildman–Crippen LogP) is 2.92. The van der Waals surface area contributed by atoms with Gasteiger partial charge in [0.2, 0.25) is 0 Å². The Morgan fingerprint density at radius 2 is 2.04 bits per heavy atom. The smallest absolute Gasteiger partial charge is 0.250 e. The van der Waals surface area contributed by atoms with Crippen LogP contribution in [-0.2, 0) is 11.2 Å². The lowest BCUT2D eigenvalue weighted by Crippen LogP contribution is -2.15. The summed E-state index contributed by atoms with van der Waals surface area (Å²) in [5.41, 5.74) is 2.12. The molecule has 0 atom stereocenters. The zero-order chi connectivity index (χ0) is 16.1. The topological polar surface area (TPSA) is 47.2 Å². The molecule has 116 valence electrons. The van der Waals surface area contributed by atoms with E-state index in [1.807, 2.05) is 48.1 Å². The van der Waals surface area contributed by atoms with Gasteiger partial charge in [0.15, 0.2) is 0 Å². The average Bonchev–Trinajstić information content (AvgIpc) is 2.58. The number of carbonyl (C=O) groups is 1. The first-order valence-electron chi connectivity index (χ1n) is 7.72. The first-order chi connectivity index (χ1) is 11.2. The van der Waals surface area contributed by atoms with E-state index in [9.17, 15) is 4.79 Å². The molecule has 3 rings (SSSR count). The summed E-state index contributed by atoms with van der Waals surface area (Å²) in [6.45, 7) is 2.00. The van der Waals surface area contributed by atoms with Crippen LogP contribution in [0.15, 0.2) is 72.0 Å². The fourth-order valence-electron chi connectivity index (χ4n) is 2.51. The maximum atomic E-state index is 12.1. The number of carbonyl (C=O) groups excluding carboxylic acids is 1. The van der Waals surface area contributed by atoms with Gasteiger partial charge >= 0.3 is 0 Å². The van der Waals surface area contributed by atoms with Gasteiger partial charge in [-0.3, -0.25) is 9.48 Å². The van der Waals surface area contributed by atoms with Crippen molar-refractivity contribution < 1.29 is 4.79 Å². The van der Waals surface area contributed by atoms with E-state index in [1.54, 1.807) is 6.20 Å². The molecule has 1 heterocycles. The Kier molecular flexibility index (Phi) is 4.62. The lowest BCUT2D eigenvalue weighted by Gasteiger charge is -2.13. The normalized spacial score (nSPS) is 15.1. The van der Waals surface area contributed by atoms with Crippen LogP contribution in [0.2, 0.25) is 0 Å². The van der Waals surface area contributed by atoms with E-state index in [0.29, 0.717) is 11.8 Å². The summed E-state index contributed by atoms with van der Waals surface area (Å²) >= 11 is 0. The van der Waals surface area contributed by atoms with E-state index in [4.69, 9.17) is 0 Å². The molecule has 0 saturated carbocycles. The molecule has 0 spiro atoms. The molecule has 1 aliphatic carbocycles. The Hall–Kier alpha value is -2.75. The van der Waals surface area contributed by atoms with Gasteiger partial charge in [0, 0.05) is 6.20 Å². The number of allylic oxidation sites excluding steroid dienone is 4. The molecule has 2 aromatic rings. The molecule has 23 heavy (non-hydrogen) atoms. The first-order valence-corrected chi connectivity index (χ1v) is 7.72. The average molecular weight is 305 g/mol. The van der Waals surface area contributed by atoms with Crippen LogP contribution in [0.3, 0.4) is 0 Å². The summed E-state index contributed by atoms with van der Waals surface area (Å²) in [4.78, 5) is 16.2. The van der Waals surface area contributed by atoms with E-state index in [2.05, 4.69) is 34.4 Å². The Balaban J connectivity index is 1.73. The molecule has 0 saturated heterocycles. The number of aryl methyl sites for hydroxylation is 1.